The maximum Gasteiger partial charge on any atom is 0.310 e. The van der Waals surface area contributed by atoms with Gasteiger partial charge in [0.25, 0.3) is 0 Å². The van der Waals surface area contributed by atoms with E-state index in [2.05, 4.69) is 10.1 Å². The van der Waals surface area contributed by atoms with E-state index in [1.54, 1.807) is 6.92 Å². The van der Waals surface area contributed by atoms with E-state index in [1.807, 2.05) is 12.1 Å². The van der Waals surface area contributed by atoms with Gasteiger partial charge >= 0.3 is 5.97 Å². The molecule has 0 saturated heterocycles. The first-order valence-electron chi connectivity index (χ1n) is 5.64. The number of hydrogen-bond acceptors (Lipinski definition) is 6. The summed E-state index contributed by atoms with van der Waals surface area (Å²) in [5.74, 6) is -0.257. The van der Waals surface area contributed by atoms with Gasteiger partial charge in [0.2, 0.25) is 0 Å². The minimum absolute atomic E-state index is 0.135. The number of carbonyl (C=O) groups is 1. The molecule has 1 aromatic rings. The van der Waals surface area contributed by atoms with Gasteiger partial charge in [-0.05, 0) is 19.1 Å². The number of aliphatic hydroxyl groups excluding tert-OH is 2. The minimum atomic E-state index is -0.688. The van der Waals surface area contributed by atoms with Crippen molar-refractivity contribution in [2.75, 3.05) is 20.3 Å². The van der Waals surface area contributed by atoms with E-state index >= 15 is 0 Å². The molecule has 0 bridgehead atoms. The second-order valence-corrected chi connectivity index (χ2v) is 5.60. The summed E-state index contributed by atoms with van der Waals surface area (Å²) in [6.45, 7) is 2.02. The number of hydrogen-bond donors (Lipinski definition) is 3. The van der Waals surface area contributed by atoms with Crippen LogP contribution < -0.4 is 5.32 Å². The van der Waals surface area contributed by atoms with Crippen molar-refractivity contribution in [3.63, 3.8) is 0 Å². The fourth-order valence-electron chi connectivity index (χ4n) is 1.29. The first-order chi connectivity index (χ1) is 8.53. The fourth-order valence-corrected chi connectivity index (χ4v) is 2.23. The average molecular weight is 273 g/mol. The van der Waals surface area contributed by atoms with Crippen molar-refractivity contribution in [3.8, 4) is 0 Å². The van der Waals surface area contributed by atoms with E-state index in [9.17, 15) is 4.79 Å². The SMILES string of the molecule is COC(=O)Cc1ccc(CNC(C)(CO)CO)s1. The molecule has 0 spiro atoms. The number of ether oxygens (including phenoxy) is 1. The molecule has 3 N–H and O–H groups in total. The molecule has 102 valence electrons. The van der Waals surface area contributed by atoms with Crippen LogP contribution in [0, 0.1) is 0 Å². The highest BCUT2D eigenvalue weighted by molar-refractivity contribution is 7.12. The van der Waals surface area contributed by atoms with Crippen LogP contribution in [0.2, 0.25) is 0 Å². The summed E-state index contributed by atoms with van der Waals surface area (Å²) in [6.07, 6.45) is 0.276. The van der Waals surface area contributed by atoms with Gasteiger partial charge in [-0.3, -0.25) is 4.79 Å². The molecule has 0 amide bonds. The van der Waals surface area contributed by atoms with Gasteiger partial charge < -0.3 is 20.3 Å². The van der Waals surface area contributed by atoms with E-state index < -0.39 is 5.54 Å². The molecule has 0 aromatic carbocycles. The van der Waals surface area contributed by atoms with Crippen LogP contribution in [-0.4, -0.2) is 42.0 Å². The van der Waals surface area contributed by atoms with Crippen molar-refractivity contribution in [2.24, 2.45) is 0 Å². The summed E-state index contributed by atoms with van der Waals surface area (Å²) in [4.78, 5) is 13.1. The van der Waals surface area contributed by atoms with Crippen LogP contribution in [0.5, 0.6) is 0 Å². The van der Waals surface area contributed by atoms with Crippen LogP contribution in [0.4, 0.5) is 0 Å². The third-order valence-corrected chi connectivity index (χ3v) is 3.74. The van der Waals surface area contributed by atoms with Crippen LogP contribution >= 0.6 is 11.3 Å². The van der Waals surface area contributed by atoms with Gasteiger partial charge in [-0.25, -0.2) is 0 Å². The molecule has 1 rings (SSSR count). The molecule has 18 heavy (non-hydrogen) atoms. The quantitative estimate of drug-likeness (QED) is 0.623. The Balaban J connectivity index is 2.51. The Kier molecular flexibility index (Phi) is 5.74. The van der Waals surface area contributed by atoms with Crippen molar-refractivity contribution in [1.82, 2.24) is 5.32 Å². The summed E-state index contributed by atoms with van der Waals surface area (Å²) >= 11 is 1.51. The molecule has 0 aliphatic rings. The standard InChI is InChI=1S/C12H19NO4S/c1-12(7-14,8-15)13-6-10-4-3-9(18-10)5-11(16)17-2/h3-4,13-15H,5-8H2,1-2H3. The lowest BCUT2D eigenvalue weighted by atomic mass is 10.1. The summed E-state index contributed by atoms with van der Waals surface area (Å²) in [5.41, 5.74) is -0.688. The third kappa shape index (κ3) is 4.38. The van der Waals surface area contributed by atoms with Crippen LogP contribution in [0.3, 0.4) is 0 Å². The van der Waals surface area contributed by atoms with Crippen LogP contribution in [-0.2, 0) is 22.5 Å². The van der Waals surface area contributed by atoms with E-state index in [4.69, 9.17) is 10.2 Å². The Morgan fingerprint density at radius 3 is 2.56 bits per heavy atom. The van der Waals surface area contributed by atoms with Crippen LogP contribution in [0.15, 0.2) is 12.1 Å². The zero-order valence-corrected chi connectivity index (χ0v) is 11.4. The van der Waals surface area contributed by atoms with Crippen LogP contribution in [0.1, 0.15) is 16.7 Å². The van der Waals surface area contributed by atoms with Gasteiger partial charge in [-0.2, -0.15) is 0 Å². The number of carbonyl (C=O) groups excluding carboxylic acids is 1. The van der Waals surface area contributed by atoms with Gasteiger partial charge in [0.05, 0.1) is 32.3 Å². The highest BCUT2D eigenvalue weighted by atomic mass is 32.1. The second kappa shape index (κ2) is 6.84. The van der Waals surface area contributed by atoms with Crippen LogP contribution in [0.25, 0.3) is 0 Å². The zero-order valence-electron chi connectivity index (χ0n) is 10.6. The molecular weight excluding hydrogens is 254 g/mol. The molecular formula is C12H19NO4S. The van der Waals surface area contributed by atoms with Crippen molar-refractivity contribution in [3.05, 3.63) is 21.9 Å². The molecule has 0 fully saturated rings. The Morgan fingerprint density at radius 1 is 1.39 bits per heavy atom. The molecule has 0 saturated carbocycles. The minimum Gasteiger partial charge on any atom is -0.469 e. The van der Waals surface area contributed by atoms with Gasteiger partial charge in [-0.1, -0.05) is 0 Å². The van der Waals surface area contributed by atoms with Crippen molar-refractivity contribution >= 4 is 17.3 Å². The lowest BCUT2D eigenvalue weighted by Crippen LogP contribution is -2.48. The molecule has 1 aromatic heterocycles. The molecule has 6 heteroatoms. The number of rotatable bonds is 7. The van der Waals surface area contributed by atoms with Gasteiger partial charge in [0.1, 0.15) is 0 Å². The lowest BCUT2D eigenvalue weighted by Gasteiger charge is -2.25. The first kappa shape index (κ1) is 15.1. The maximum atomic E-state index is 11.1. The largest absolute Gasteiger partial charge is 0.469 e. The Morgan fingerprint density at radius 2 is 2.00 bits per heavy atom. The van der Waals surface area contributed by atoms with Crippen molar-refractivity contribution < 1.29 is 19.7 Å². The molecule has 5 nitrogen and oxygen atoms in total. The Labute approximate surface area is 110 Å². The fraction of sp³-hybridized carbons (Fsp3) is 0.583. The lowest BCUT2D eigenvalue weighted by molar-refractivity contribution is -0.139. The number of esters is 1. The van der Waals surface area contributed by atoms with E-state index in [-0.39, 0.29) is 25.6 Å². The Hall–Kier alpha value is -0.950. The summed E-state index contributed by atoms with van der Waals surface area (Å²) in [5, 5.41) is 21.4. The molecule has 0 radical (unpaired) electrons. The monoisotopic (exact) mass is 273 g/mol. The molecule has 0 aliphatic heterocycles. The second-order valence-electron chi connectivity index (χ2n) is 4.35. The Bertz CT molecular complexity index is 387. The van der Waals surface area contributed by atoms with Gasteiger partial charge in [0, 0.05) is 16.3 Å². The zero-order chi connectivity index (χ0) is 13.6. The highest BCUT2D eigenvalue weighted by Crippen LogP contribution is 2.18. The van der Waals surface area contributed by atoms with E-state index in [1.165, 1.54) is 18.4 Å². The molecule has 1 heterocycles. The number of aliphatic hydroxyl groups is 2. The summed E-state index contributed by atoms with van der Waals surface area (Å²) in [6, 6.07) is 3.80. The summed E-state index contributed by atoms with van der Waals surface area (Å²) < 4.78 is 4.60. The summed E-state index contributed by atoms with van der Waals surface area (Å²) in [7, 11) is 1.37. The molecule has 0 aliphatic carbocycles. The maximum absolute atomic E-state index is 11.1. The van der Waals surface area contributed by atoms with E-state index in [0.29, 0.717) is 6.54 Å². The molecule has 0 atom stereocenters. The van der Waals surface area contributed by atoms with Gasteiger partial charge in [0.15, 0.2) is 0 Å². The smallest absolute Gasteiger partial charge is 0.310 e. The van der Waals surface area contributed by atoms with E-state index in [0.717, 1.165) is 9.75 Å². The number of methoxy groups -OCH3 is 1. The predicted molar refractivity (Wildman–Crippen MR) is 69.5 cm³/mol. The number of thiophene rings is 1. The topological polar surface area (TPSA) is 78.8 Å². The molecule has 0 unspecified atom stereocenters. The number of nitrogens with one attached hydrogen (secondary N) is 1. The normalized spacial score (nSPS) is 11.6. The predicted octanol–water partition coefficient (Wildman–Crippen LogP) is 0.297. The van der Waals surface area contributed by atoms with Crippen molar-refractivity contribution in [1.29, 1.82) is 0 Å². The van der Waals surface area contributed by atoms with Crippen molar-refractivity contribution in [2.45, 2.75) is 25.4 Å². The first-order valence-corrected chi connectivity index (χ1v) is 6.46. The third-order valence-electron chi connectivity index (χ3n) is 2.65. The average Bonchev–Trinajstić information content (AvgIpc) is 2.83. The highest BCUT2D eigenvalue weighted by Gasteiger charge is 2.21. The van der Waals surface area contributed by atoms with Gasteiger partial charge in [-0.15, -0.1) is 11.3 Å².